The zero-order chi connectivity index (χ0) is 10.8. The molecule has 0 aliphatic carbocycles. The predicted molar refractivity (Wildman–Crippen MR) is 66.6 cm³/mol. The Morgan fingerprint density at radius 2 is 2.13 bits per heavy atom. The lowest BCUT2D eigenvalue weighted by atomic mass is 10.0. The molecule has 1 nitrogen and oxygen atoms in total. The number of rotatable bonds is 2. The molecule has 0 saturated carbocycles. The van der Waals surface area contributed by atoms with Gasteiger partial charge in [0, 0.05) is 21.0 Å². The van der Waals surface area contributed by atoms with Gasteiger partial charge in [0.15, 0.2) is 5.78 Å². The molecule has 1 heterocycles. The molecule has 0 radical (unpaired) electrons. The second kappa shape index (κ2) is 4.29. The van der Waals surface area contributed by atoms with Gasteiger partial charge in [-0.25, -0.2) is 0 Å². The topological polar surface area (TPSA) is 17.1 Å². The summed E-state index contributed by atoms with van der Waals surface area (Å²) in [7, 11) is 0. The molecule has 0 unspecified atom stereocenters. The maximum absolute atomic E-state index is 12.1. The van der Waals surface area contributed by atoms with Gasteiger partial charge in [0.05, 0.1) is 0 Å². The minimum atomic E-state index is 0.0926. The number of ketones is 1. The van der Waals surface area contributed by atoms with E-state index in [9.17, 15) is 4.79 Å². The summed E-state index contributed by atoms with van der Waals surface area (Å²) >= 11 is 4.92. The molecule has 1 aromatic heterocycles. The number of halogens is 1. The van der Waals surface area contributed by atoms with E-state index >= 15 is 0 Å². The van der Waals surface area contributed by atoms with Gasteiger partial charge in [-0.1, -0.05) is 22.0 Å². The Balaban J connectivity index is 2.46. The van der Waals surface area contributed by atoms with Gasteiger partial charge in [0.1, 0.15) is 0 Å². The van der Waals surface area contributed by atoms with Crippen LogP contribution < -0.4 is 0 Å². The van der Waals surface area contributed by atoms with Gasteiger partial charge in [-0.2, -0.15) is 11.3 Å². The molecule has 0 aliphatic rings. The fraction of sp³-hybridized carbons (Fsp3) is 0.0833. The molecule has 0 saturated heterocycles. The summed E-state index contributed by atoms with van der Waals surface area (Å²) < 4.78 is 0.937. The highest BCUT2D eigenvalue weighted by atomic mass is 79.9. The van der Waals surface area contributed by atoms with E-state index in [2.05, 4.69) is 15.9 Å². The summed E-state index contributed by atoms with van der Waals surface area (Å²) in [6, 6.07) is 7.62. The number of carbonyl (C=O) groups excluding carboxylic acids is 1. The molecule has 2 rings (SSSR count). The molecule has 0 aliphatic heterocycles. The number of thiophene rings is 1. The normalized spacial score (nSPS) is 10.3. The van der Waals surface area contributed by atoms with E-state index in [-0.39, 0.29) is 5.78 Å². The van der Waals surface area contributed by atoms with Crippen LogP contribution in [0.2, 0.25) is 0 Å². The Labute approximate surface area is 101 Å². The highest BCUT2D eigenvalue weighted by Crippen LogP contribution is 2.20. The molecule has 0 fully saturated rings. The summed E-state index contributed by atoms with van der Waals surface area (Å²) in [6.45, 7) is 1.95. The number of hydrogen-bond donors (Lipinski definition) is 0. The molecule has 2 aromatic rings. The molecule has 0 N–H and O–H groups in total. The molecule has 0 spiro atoms. The van der Waals surface area contributed by atoms with Crippen LogP contribution in [0.5, 0.6) is 0 Å². The summed E-state index contributed by atoms with van der Waals surface area (Å²) in [5.41, 5.74) is 2.54. The van der Waals surface area contributed by atoms with Gasteiger partial charge in [-0.3, -0.25) is 4.79 Å². The smallest absolute Gasteiger partial charge is 0.194 e. The molecular formula is C12H9BrOS. The van der Waals surface area contributed by atoms with E-state index in [0.717, 1.165) is 21.2 Å². The fourth-order valence-electron chi connectivity index (χ4n) is 1.39. The molecule has 76 valence electrons. The van der Waals surface area contributed by atoms with E-state index < -0.39 is 0 Å². The first-order chi connectivity index (χ1) is 7.18. The average molecular weight is 281 g/mol. The van der Waals surface area contributed by atoms with E-state index in [4.69, 9.17) is 0 Å². The van der Waals surface area contributed by atoms with Crippen molar-refractivity contribution in [3.05, 3.63) is 56.2 Å². The van der Waals surface area contributed by atoms with Crippen molar-refractivity contribution < 1.29 is 4.79 Å². The molecule has 0 bridgehead atoms. The summed E-state index contributed by atoms with van der Waals surface area (Å²) in [5.74, 6) is 0.0926. The van der Waals surface area contributed by atoms with Crippen molar-refractivity contribution in [2.45, 2.75) is 6.92 Å². The first kappa shape index (κ1) is 10.6. The van der Waals surface area contributed by atoms with Crippen molar-refractivity contribution in [3.63, 3.8) is 0 Å². The third-order valence-electron chi connectivity index (χ3n) is 2.23. The van der Waals surface area contributed by atoms with E-state index in [1.165, 1.54) is 0 Å². The second-order valence-corrected chi connectivity index (χ2v) is 5.00. The van der Waals surface area contributed by atoms with Gasteiger partial charge >= 0.3 is 0 Å². The minimum absolute atomic E-state index is 0.0926. The van der Waals surface area contributed by atoms with Crippen LogP contribution in [-0.2, 0) is 0 Å². The predicted octanol–water partition coefficient (Wildman–Crippen LogP) is 4.05. The van der Waals surface area contributed by atoms with Gasteiger partial charge in [0.25, 0.3) is 0 Å². The maximum Gasteiger partial charge on any atom is 0.194 e. The molecule has 15 heavy (non-hydrogen) atoms. The SMILES string of the molecule is Cc1ccc(Br)cc1C(=O)c1ccsc1. The standard InChI is InChI=1S/C12H9BrOS/c1-8-2-3-10(13)6-11(8)12(14)9-4-5-15-7-9/h2-7H,1H3. The Kier molecular flexibility index (Phi) is 3.03. The summed E-state index contributed by atoms with van der Waals surface area (Å²) in [6.07, 6.45) is 0. The van der Waals surface area contributed by atoms with Gasteiger partial charge < -0.3 is 0 Å². The van der Waals surface area contributed by atoms with Crippen LogP contribution in [0, 0.1) is 6.92 Å². The second-order valence-electron chi connectivity index (χ2n) is 3.30. The van der Waals surface area contributed by atoms with Crippen molar-refractivity contribution in [2.24, 2.45) is 0 Å². The Bertz CT molecular complexity index is 488. The van der Waals surface area contributed by atoms with E-state index in [0.29, 0.717) is 0 Å². The third kappa shape index (κ3) is 2.19. The Morgan fingerprint density at radius 1 is 1.33 bits per heavy atom. The van der Waals surface area contributed by atoms with Crippen molar-refractivity contribution in [1.82, 2.24) is 0 Å². The Hall–Kier alpha value is -0.930. The molecule has 0 atom stereocenters. The van der Waals surface area contributed by atoms with Gasteiger partial charge in [-0.15, -0.1) is 0 Å². The lowest BCUT2D eigenvalue weighted by Crippen LogP contribution is -2.02. The van der Waals surface area contributed by atoms with Crippen LogP contribution in [0.25, 0.3) is 0 Å². The van der Waals surface area contributed by atoms with Crippen molar-refractivity contribution in [2.75, 3.05) is 0 Å². The van der Waals surface area contributed by atoms with E-state index in [1.54, 1.807) is 11.3 Å². The average Bonchev–Trinajstić information content (AvgIpc) is 2.74. The summed E-state index contributed by atoms with van der Waals surface area (Å²) in [4.78, 5) is 12.1. The van der Waals surface area contributed by atoms with Gasteiger partial charge in [0.2, 0.25) is 0 Å². The summed E-state index contributed by atoms with van der Waals surface area (Å²) in [5, 5.41) is 3.79. The molecule has 0 amide bonds. The van der Waals surface area contributed by atoms with Crippen LogP contribution >= 0.6 is 27.3 Å². The highest BCUT2D eigenvalue weighted by Gasteiger charge is 2.11. The van der Waals surface area contributed by atoms with Crippen LogP contribution in [0.3, 0.4) is 0 Å². The van der Waals surface area contributed by atoms with Crippen LogP contribution in [0.1, 0.15) is 21.5 Å². The lowest BCUT2D eigenvalue weighted by molar-refractivity contribution is 0.103. The fourth-order valence-corrected chi connectivity index (χ4v) is 2.39. The minimum Gasteiger partial charge on any atom is -0.289 e. The first-order valence-corrected chi connectivity index (χ1v) is 6.25. The molecular weight excluding hydrogens is 272 g/mol. The zero-order valence-corrected chi connectivity index (χ0v) is 10.6. The highest BCUT2D eigenvalue weighted by molar-refractivity contribution is 9.10. The van der Waals surface area contributed by atoms with Gasteiger partial charge in [-0.05, 0) is 36.1 Å². The monoisotopic (exact) mass is 280 g/mol. The quantitative estimate of drug-likeness (QED) is 0.759. The van der Waals surface area contributed by atoms with Crippen molar-refractivity contribution in [1.29, 1.82) is 0 Å². The lowest BCUT2D eigenvalue weighted by Gasteiger charge is -2.03. The number of carbonyl (C=O) groups is 1. The molecule has 3 heteroatoms. The number of aryl methyl sites for hydroxylation is 1. The third-order valence-corrected chi connectivity index (χ3v) is 3.40. The van der Waals surface area contributed by atoms with Crippen molar-refractivity contribution >= 4 is 33.0 Å². The zero-order valence-electron chi connectivity index (χ0n) is 8.16. The van der Waals surface area contributed by atoms with E-state index in [1.807, 2.05) is 41.9 Å². The van der Waals surface area contributed by atoms with Crippen molar-refractivity contribution in [3.8, 4) is 0 Å². The van der Waals surface area contributed by atoms with Crippen LogP contribution in [0.4, 0.5) is 0 Å². The largest absolute Gasteiger partial charge is 0.289 e. The maximum atomic E-state index is 12.1. The molecule has 1 aromatic carbocycles. The van der Waals surface area contributed by atoms with Crippen LogP contribution in [0.15, 0.2) is 39.5 Å². The Morgan fingerprint density at radius 3 is 2.80 bits per heavy atom. The first-order valence-electron chi connectivity index (χ1n) is 4.51. The number of hydrogen-bond acceptors (Lipinski definition) is 2. The van der Waals surface area contributed by atoms with Crippen LogP contribution in [-0.4, -0.2) is 5.78 Å². The number of benzene rings is 1.